The number of carboxylic acid groups (broad SMARTS) is 1. The summed E-state index contributed by atoms with van der Waals surface area (Å²) in [5.74, 6) is -1.68. The zero-order chi connectivity index (χ0) is 14.0. The second-order valence-electron chi connectivity index (χ2n) is 5.95. The van der Waals surface area contributed by atoms with E-state index in [1.165, 1.54) is 0 Å². The van der Waals surface area contributed by atoms with Crippen LogP contribution >= 0.6 is 0 Å². The number of carbonyl (C=O) groups excluding carboxylic acids is 1. The molecule has 0 bridgehead atoms. The van der Waals surface area contributed by atoms with Gasteiger partial charge in [-0.25, -0.2) is 0 Å². The van der Waals surface area contributed by atoms with Gasteiger partial charge in [-0.1, -0.05) is 19.8 Å². The van der Waals surface area contributed by atoms with Crippen LogP contribution in [0.15, 0.2) is 0 Å². The van der Waals surface area contributed by atoms with Crippen LogP contribution in [0.3, 0.4) is 0 Å². The first-order valence-corrected chi connectivity index (χ1v) is 7.20. The molecular weight excluding hydrogens is 246 g/mol. The number of aliphatic hydroxyl groups excluding tert-OH is 1. The number of hydrogen-bond acceptors (Lipinski definition) is 3. The fourth-order valence-electron chi connectivity index (χ4n) is 3.29. The van der Waals surface area contributed by atoms with Gasteiger partial charge in [-0.2, -0.15) is 0 Å². The van der Waals surface area contributed by atoms with Crippen molar-refractivity contribution in [3.05, 3.63) is 0 Å². The molecule has 0 aromatic heterocycles. The average molecular weight is 269 g/mol. The summed E-state index contributed by atoms with van der Waals surface area (Å²) in [7, 11) is 0. The number of nitrogens with zero attached hydrogens (tertiary/aromatic N) is 1. The second-order valence-corrected chi connectivity index (χ2v) is 5.95. The van der Waals surface area contributed by atoms with Gasteiger partial charge in [-0.15, -0.1) is 0 Å². The summed E-state index contributed by atoms with van der Waals surface area (Å²) >= 11 is 0. The second kappa shape index (κ2) is 5.90. The van der Waals surface area contributed by atoms with Crippen molar-refractivity contribution in [3.63, 3.8) is 0 Å². The van der Waals surface area contributed by atoms with Crippen molar-refractivity contribution in [2.75, 3.05) is 13.1 Å². The minimum absolute atomic E-state index is 0.0224. The Bertz CT molecular complexity index is 357. The molecule has 1 saturated heterocycles. The Labute approximate surface area is 113 Å². The van der Waals surface area contributed by atoms with Crippen molar-refractivity contribution in [1.82, 2.24) is 4.90 Å². The molecule has 0 radical (unpaired) electrons. The van der Waals surface area contributed by atoms with E-state index < -0.39 is 11.9 Å². The van der Waals surface area contributed by atoms with Crippen LogP contribution in [0.4, 0.5) is 0 Å². The standard InChI is InChI=1S/C14H23NO4/c1-9-8-15(7-6-12(9)16)13(17)10-4-2-3-5-11(10)14(18)19/h9-12,16H,2-8H2,1H3,(H,18,19). The summed E-state index contributed by atoms with van der Waals surface area (Å²) in [6.07, 6.45) is 3.38. The fraction of sp³-hybridized carbons (Fsp3) is 0.857. The number of carbonyl (C=O) groups is 2. The van der Waals surface area contributed by atoms with Crippen LogP contribution in [-0.4, -0.2) is 46.2 Å². The molecule has 0 aromatic carbocycles. The third kappa shape index (κ3) is 3.08. The van der Waals surface area contributed by atoms with Gasteiger partial charge >= 0.3 is 5.97 Å². The lowest BCUT2D eigenvalue weighted by atomic mass is 9.78. The van der Waals surface area contributed by atoms with Crippen molar-refractivity contribution in [2.45, 2.75) is 45.1 Å². The van der Waals surface area contributed by atoms with Gasteiger partial charge in [0.1, 0.15) is 0 Å². The molecule has 0 spiro atoms. The smallest absolute Gasteiger partial charge is 0.307 e. The summed E-state index contributed by atoms with van der Waals surface area (Å²) in [5.41, 5.74) is 0. The molecule has 108 valence electrons. The first kappa shape index (κ1) is 14.3. The van der Waals surface area contributed by atoms with E-state index in [0.717, 1.165) is 12.8 Å². The van der Waals surface area contributed by atoms with Gasteiger partial charge in [0.05, 0.1) is 17.9 Å². The molecule has 2 fully saturated rings. The minimum atomic E-state index is -0.844. The van der Waals surface area contributed by atoms with Crippen molar-refractivity contribution < 1.29 is 19.8 Å². The lowest BCUT2D eigenvalue weighted by molar-refractivity contribution is -0.153. The van der Waals surface area contributed by atoms with E-state index in [4.69, 9.17) is 0 Å². The van der Waals surface area contributed by atoms with Crippen molar-refractivity contribution >= 4 is 11.9 Å². The molecule has 1 aliphatic heterocycles. The maximum atomic E-state index is 12.5. The summed E-state index contributed by atoms with van der Waals surface area (Å²) < 4.78 is 0. The predicted molar refractivity (Wildman–Crippen MR) is 69.5 cm³/mol. The van der Waals surface area contributed by atoms with E-state index in [1.807, 2.05) is 6.92 Å². The summed E-state index contributed by atoms with van der Waals surface area (Å²) in [4.78, 5) is 25.5. The van der Waals surface area contributed by atoms with Crippen LogP contribution in [0.5, 0.6) is 0 Å². The maximum Gasteiger partial charge on any atom is 0.307 e. The minimum Gasteiger partial charge on any atom is -0.481 e. The molecule has 5 heteroatoms. The Hall–Kier alpha value is -1.10. The van der Waals surface area contributed by atoms with Gasteiger partial charge in [0, 0.05) is 13.1 Å². The number of piperidine rings is 1. The van der Waals surface area contributed by atoms with Gasteiger partial charge in [0.2, 0.25) is 5.91 Å². The van der Waals surface area contributed by atoms with Gasteiger partial charge in [-0.05, 0) is 25.2 Å². The Morgan fingerprint density at radius 3 is 2.32 bits per heavy atom. The number of rotatable bonds is 2. The molecule has 19 heavy (non-hydrogen) atoms. The molecule has 2 N–H and O–H groups in total. The predicted octanol–water partition coefficient (Wildman–Crippen LogP) is 1.11. The van der Waals surface area contributed by atoms with Crippen LogP contribution in [0.1, 0.15) is 39.0 Å². The number of hydrogen-bond donors (Lipinski definition) is 2. The lowest BCUT2D eigenvalue weighted by Crippen LogP contribution is -2.49. The number of likely N-dealkylation sites (tertiary alicyclic amines) is 1. The normalized spacial score (nSPS) is 36.0. The molecule has 1 heterocycles. The summed E-state index contributed by atoms with van der Waals surface area (Å²) in [5, 5.41) is 18.9. The van der Waals surface area contributed by atoms with E-state index >= 15 is 0 Å². The SMILES string of the molecule is CC1CN(C(=O)C2CCCCC2C(=O)O)CCC1O. The number of amides is 1. The Balaban J connectivity index is 2.03. The largest absolute Gasteiger partial charge is 0.481 e. The van der Waals surface area contributed by atoms with Crippen LogP contribution in [0.2, 0.25) is 0 Å². The third-order valence-electron chi connectivity index (χ3n) is 4.57. The zero-order valence-corrected chi connectivity index (χ0v) is 11.4. The van der Waals surface area contributed by atoms with Gasteiger partial charge < -0.3 is 15.1 Å². The molecule has 4 unspecified atom stereocenters. The van der Waals surface area contributed by atoms with Gasteiger partial charge in [0.25, 0.3) is 0 Å². The number of carboxylic acids is 1. The molecule has 1 aliphatic carbocycles. The van der Waals surface area contributed by atoms with Crippen LogP contribution in [-0.2, 0) is 9.59 Å². The van der Waals surface area contributed by atoms with E-state index in [0.29, 0.717) is 32.4 Å². The fourth-order valence-corrected chi connectivity index (χ4v) is 3.29. The maximum absolute atomic E-state index is 12.5. The van der Waals surface area contributed by atoms with Gasteiger partial charge in [-0.3, -0.25) is 9.59 Å². The molecular formula is C14H23NO4. The first-order valence-electron chi connectivity index (χ1n) is 7.20. The first-order chi connectivity index (χ1) is 9.00. The van der Waals surface area contributed by atoms with Gasteiger partial charge in [0.15, 0.2) is 0 Å². The van der Waals surface area contributed by atoms with Crippen molar-refractivity contribution in [1.29, 1.82) is 0 Å². The highest BCUT2D eigenvalue weighted by molar-refractivity contribution is 5.85. The van der Waals surface area contributed by atoms with Crippen molar-refractivity contribution in [3.8, 4) is 0 Å². The van der Waals surface area contributed by atoms with E-state index in [2.05, 4.69) is 0 Å². The molecule has 0 aromatic rings. The highest BCUT2D eigenvalue weighted by atomic mass is 16.4. The highest BCUT2D eigenvalue weighted by Crippen LogP contribution is 2.32. The third-order valence-corrected chi connectivity index (χ3v) is 4.57. The molecule has 4 atom stereocenters. The summed E-state index contributed by atoms with van der Waals surface area (Å²) in [6.45, 7) is 3.02. The number of aliphatic carboxylic acids is 1. The average Bonchev–Trinajstić information content (AvgIpc) is 2.41. The Kier molecular flexibility index (Phi) is 4.45. The Morgan fingerprint density at radius 2 is 1.74 bits per heavy atom. The van der Waals surface area contributed by atoms with E-state index in [9.17, 15) is 19.8 Å². The van der Waals surface area contributed by atoms with Crippen LogP contribution in [0.25, 0.3) is 0 Å². The molecule has 2 rings (SSSR count). The number of aliphatic hydroxyl groups is 1. The molecule has 1 saturated carbocycles. The lowest BCUT2D eigenvalue weighted by Gasteiger charge is -2.38. The highest BCUT2D eigenvalue weighted by Gasteiger charge is 2.39. The Morgan fingerprint density at radius 1 is 1.11 bits per heavy atom. The van der Waals surface area contributed by atoms with Crippen LogP contribution in [0, 0.1) is 17.8 Å². The topological polar surface area (TPSA) is 77.8 Å². The summed E-state index contributed by atoms with van der Waals surface area (Å²) in [6, 6.07) is 0. The molecule has 1 amide bonds. The quantitative estimate of drug-likeness (QED) is 0.787. The molecule has 2 aliphatic rings. The van der Waals surface area contributed by atoms with Crippen molar-refractivity contribution in [2.24, 2.45) is 17.8 Å². The zero-order valence-electron chi connectivity index (χ0n) is 11.4. The van der Waals surface area contributed by atoms with E-state index in [-0.39, 0.29) is 23.8 Å². The molecule has 5 nitrogen and oxygen atoms in total. The van der Waals surface area contributed by atoms with E-state index in [1.54, 1.807) is 4.90 Å². The monoisotopic (exact) mass is 269 g/mol. The van der Waals surface area contributed by atoms with Crippen LogP contribution < -0.4 is 0 Å².